The number of hydrogen-bond donors (Lipinski definition) is 1. The van der Waals surface area contributed by atoms with E-state index in [-0.39, 0.29) is 17.7 Å². The Morgan fingerprint density at radius 2 is 2.13 bits per heavy atom. The predicted molar refractivity (Wildman–Crippen MR) is 86.0 cm³/mol. The molecule has 1 atom stereocenters. The molecule has 118 valence electrons. The molecule has 3 aliphatic rings. The summed E-state index contributed by atoms with van der Waals surface area (Å²) in [6.07, 6.45) is 3.58. The van der Waals surface area contributed by atoms with Crippen molar-refractivity contribution in [1.82, 2.24) is 10.2 Å². The second kappa shape index (κ2) is 5.71. The van der Waals surface area contributed by atoms with Gasteiger partial charge < -0.3 is 14.6 Å². The molecule has 5 rings (SSSR count). The van der Waals surface area contributed by atoms with Gasteiger partial charge in [-0.15, -0.1) is 0 Å². The van der Waals surface area contributed by atoms with Crippen molar-refractivity contribution in [2.24, 2.45) is 5.92 Å². The summed E-state index contributed by atoms with van der Waals surface area (Å²) >= 11 is 0. The highest BCUT2D eigenvalue weighted by Crippen LogP contribution is 2.27. The van der Waals surface area contributed by atoms with Gasteiger partial charge in [-0.05, 0) is 50.4 Å². The number of rotatable bonds is 2. The highest BCUT2D eigenvalue weighted by Gasteiger charge is 2.29. The van der Waals surface area contributed by atoms with Gasteiger partial charge in [0, 0.05) is 29.6 Å². The zero-order chi connectivity index (χ0) is 15.8. The van der Waals surface area contributed by atoms with Crippen LogP contribution in [0, 0.1) is 17.2 Å². The number of carbonyl (C=O) groups is 1. The SMILES string of the molecule is N#Cc1cc2ccc(C(=O)N[C@@H]3CC4CCN(CC4)C3)cc2o1. The topological polar surface area (TPSA) is 69.3 Å². The van der Waals surface area contributed by atoms with Gasteiger partial charge in [-0.25, -0.2) is 0 Å². The van der Waals surface area contributed by atoms with Crippen LogP contribution in [0.1, 0.15) is 35.4 Å². The van der Waals surface area contributed by atoms with Crippen LogP contribution in [0.15, 0.2) is 28.7 Å². The number of amides is 1. The van der Waals surface area contributed by atoms with Crippen molar-refractivity contribution in [2.45, 2.75) is 25.3 Å². The van der Waals surface area contributed by atoms with Crippen LogP contribution in [0.2, 0.25) is 0 Å². The first-order valence-electron chi connectivity index (χ1n) is 8.18. The summed E-state index contributed by atoms with van der Waals surface area (Å²) in [6, 6.07) is 9.23. The van der Waals surface area contributed by atoms with Crippen LogP contribution in [0.25, 0.3) is 11.0 Å². The molecule has 0 aliphatic carbocycles. The maximum absolute atomic E-state index is 12.5. The van der Waals surface area contributed by atoms with Crippen molar-refractivity contribution in [2.75, 3.05) is 19.6 Å². The summed E-state index contributed by atoms with van der Waals surface area (Å²) in [5.41, 5.74) is 1.17. The Hall–Kier alpha value is -2.32. The lowest BCUT2D eigenvalue weighted by Gasteiger charge is -2.26. The molecule has 0 saturated carbocycles. The van der Waals surface area contributed by atoms with Gasteiger partial charge in [0.2, 0.25) is 5.76 Å². The molecule has 2 bridgehead atoms. The summed E-state index contributed by atoms with van der Waals surface area (Å²) in [7, 11) is 0. The van der Waals surface area contributed by atoms with E-state index in [4.69, 9.17) is 9.68 Å². The molecule has 5 nitrogen and oxygen atoms in total. The van der Waals surface area contributed by atoms with E-state index < -0.39 is 0 Å². The van der Waals surface area contributed by atoms with E-state index >= 15 is 0 Å². The van der Waals surface area contributed by atoms with E-state index in [1.54, 1.807) is 18.2 Å². The van der Waals surface area contributed by atoms with Crippen LogP contribution in [-0.4, -0.2) is 36.5 Å². The van der Waals surface area contributed by atoms with Gasteiger partial charge in [0.25, 0.3) is 5.91 Å². The molecule has 1 N–H and O–H groups in total. The van der Waals surface area contributed by atoms with Crippen LogP contribution in [-0.2, 0) is 0 Å². The fourth-order valence-corrected chi connectivity index (χ4v) is 3.79. The van der Waals surface area contributed by atoms with Gasteiger partial charge in [0.05, 0.1) is 0 Å². The molecule has 3 aliphatic heterocycles. The lowest BCUT2D eigenvalue weighted by atomic mass is 9.94. The van der Waals surface area contributed by atoms with E-state index in [0.717, 1.165) is 37.4 Å². The molecule has 2 aromatic rings. The minimum atomic E-state index is -0.0608. The lowest BCUT2D eigenvalue weighted by molar-refractivity contribution is 0.0929. The number of nitrogens with one attached hydrogen (secondary N) is 1. The summed E-state index contributed by atoms with van der Waals surface area (Å²) in [6.45, 7) is 3.27. The molecule has 23 heavy (non-hydrogen) atoms. The van der Waals surface area contributed by atoms with E-state index in [2.05, 4.69) is 10.2 Å². The molecular weight excluding hydrogens is 290 g/mol. The molecule has 3 fully saturated rings. The van der Waals surface area contributed by atoms with Crippen molar-refractivity contribution in [3.8, 4) is 6.07 Å². The summed E-state index contributed by atoms with van der Waals surface area (Å²) < 4.78 is 5.41. The van der Waals surface area contributed by atoms with Crippen molar-refractivity contribution in [1.29, 1.82) is 5.26 Å². The second-order valence-corrected chi connectivity index (χ2v) is 6.63. The highest BCUT2D eigenvalue weighted by molar-refractivity contribution is 5.97. The number of piperidine rings is 1. The summed E-state index contributed by atoms with van der Waals surface area (Å²) in [5.74, 6) is 0.949. The van der Waals surface area contributed by atoms with Crippen molar-refractivity contribution >= 4 is 16.9 Å². The molecule has 1 amide bonds. The third-order valence-corrected chi connectivity index (χ3v) is 5.03. The molecule has 0 radical (unpaired) electrons. The first-order chi connectivity index (χ1) is 11.2. The summed E-state index contributed by atoms with van der Waals surface area (Å²) in [4.78, 5) is 15.0. The van der Waals surface area contributed by atoms with Crippen LogP contribution in [0.3, 0.4) is 0 Å². The van der Waals surface area contributed by atoms with Gasteiger partial charge >= 0.3 is 0 Å². The zero-order valence-electron chi connectivity index (χ0n) is 12.9. The number of nitrogens with zero attached hydrogens (tertiary/aromatic N) is 2. The molecule has 3 saturated heterocycles. The Morgan fingerprint density at radius 3 is 2.91 bits per heavy atom. The Labute approximate surface area is 134 Å². The van der Waals surface area contributed by atoms with Gasteiger partial charge in [-0.2, -0.15) is 5.26 Å². The third kappa shape index (κ3) is 2.82. The first kappa shape index (κ1) is 14.3. The monoisotopic (exact) mass is 309 g/mol. The normalized spacial score (nSPS) is 26.7. The molecule has 0 spiro atoms. The second-order valence-electron chi connectivity index (χ2n) is 6.63. The predicted octanol–water partition coefficient (Wildman–Crippen LogP) is 2.52. The Bertz CT molecular complexity index is 767. The van der Waals surface area contributed by atoms with Crippen LogP contribution >= 0.6 is 0 Å². The Morgan fingerprint density at radius 1 is 1.30 bits per heavy atom. The van der Waals surface area contributed by atoms with Crippen LogP contribution < -0.4 is 5.32 Å². The number of hydrogen-bond acceptors (Lipinski definition) is 4. The van der Waals surface area contributed by atoms with E-state index in [9.17, 15) is 4.79 Å². The van der Waals surface area contributed by atoms with E-state index in [1.807, 2.05) is 12.1 Å². The molecule has 0 unspecified atom stereocenters. The number of benzene rings is 1. The Kier molecular flexibility index (Phi) is 3.55. The fraction of sp³-hybridized carbons (Fsp3) is 0.444. The number of nitriles is 1. The van der Waals surface area contributed by atoms with Gasteiger partial charge in [-0.3, -0.25) is 4.79 Å². The average Bonchev–Trinajstić information content (AvgIpc) is 2.77. The Balaban J connectivity index is 1.51. The van der Waals surface area contributed by atoms with Gasteiger partial charge in [-0.1, -0.05) is 6.07 Å². The molecular formula is C18H19N3O2. The number of fused-ring (bicyclic) bond motifs is 5. The van der Waals surface area contributed by atoms with Crippen molar-refractivity contribution in [3.05, 3.63) is 35.6 Å². The molecule has 4 heterocycles. The smallest absolute Gasteiger partial charge is 0.251 e. The largest absolute Gasteiger partial charge is 0.446 e. The molecule has 1 aromatic heterocycles. The fourth-order valence-electron chi connectivity index (χ4n) is 3.79. The van der Waals surface area contributed by atoms with Crippen LogP contribution in [0.5, 0.6) is 0 Å². The third-order valence-electron chi connectivity index (χ3n) is 5.03. The maximum Gasteiger partial charge on any atom is 0.251 e. The van der Waals surface area contributed by atoms with E-state index in [0.29, 0.717) is 11.1 Å². The van der Waals surface area contributed by atoms with Gasteiger partial charge in [0.1, 0.15) is 11.7 Å². The van der Waals surface area contributed by atoms with Crippen molar-refractivity contribution in [3.63, 3.8) is 0 Å². The highest BCUT2D eigenvalue weighted by atomic mass is 16.3. The van der Waals surface area contributed by atoms with E-state index in [1.165, 1.54) is 12.8 Å². The van der Waals surface area contributed by atoms with Crippen molar-refractivity contribution < 1.29 is 9.21 Å². The maximum atomic E-state index is 12.5. The minimum Gasteiger partial charge on any atom is -0.446 e. The first-order valence-corrected chi connectivity index (χ1v) is 8.18. The van der Waals surface area contributed by atoms with Gasteiger partial charge in [0.15, 0.2) is 0 Å². The summed E-state index contributed by atoms with van der Waals surface area (Å²) in [5, 5.41) is 12.9. The van der Waals surface area contributed by atoms with Crippen LogP contribution in [0.4, 0.5) is 0 Å². The number of furan rings is 1. The average molecular weight is 309 g/mol. The zero-order valence-corrected chi connectivity index (χ0v) is 12.9. The minimum absolute atomic E-state index is 0.0608. The standard InChI is InChI=1S/C18H19N3O2/c19-10-16-8-13-1-2-14(9-17(13)23-16)18(22)20-15-7-12-3-5-21(11-15)6-4-12/h1-2,8-9,12,15H,3-7,11H2,(H,20,22)/t15-/m1/s1. The molecule has 1 aromatic carbocycles. The lowest BCUT2D eigenvalue weighted by Crippen LogP contribution is -2.41. The number of carbonyl (C=O) groups excluding carboxylic acids is 1. The quantitative estimate of drug-likeness (QED) is 0.925. The molecule has 5 heteroatoms.